The Morgan fingerprint density at radius 2 is 2.08 bits per heavy atom. The summed E-state index contributed by atoms with van der Waals surface area (Å²) in [6, 6.07) is 0.198. The third kappa shape index (κ3) is 8.37. The van der Waals surface area contributed by atoms with Crippen LogP contribution in [0.25, 0.3) is 0 Å². The number of ether oxygens (including phenoxy) is 1. The minimum atomic E-state index is 0.198. The molecule has 1 unspecified atom stereocenters. The van der Waals surface area contributed by atoms with E-state index in [2.05, 4.69) is 20.8 Å². The topological polar surface area (TPSA) is 35.2 Å². The van der Waals surface area contributed by atoms with Crippen molar-refractivity contribution in [2.75, 3.05) is 19.0 Å². The SMILES string of the molecule is CCCOCC(N)CSC(C)C. The first-order valence-electron chi connectivity index (χ1n) is 4.61. The van der Waals surface area contributed by atoms with Gasteiger partial charge < -0.3 is 10.5 Å². The van der Waals surface area contributed by atoms with E-state index in [0.29, 0.717) is 11.9 Å². The van der Waals surface area contributed by atoms with Gasteiger partial charge in [-0.25, -0.2) is 0 Å². The Balaban J connectivity index is 3.15. The van der Waals surface area contributed by atoms with E-state index in [4.69, 9.17) is 10.5 Å². The summed E-state index contributed by atoms with van der Waals surface area (Å²) in [6.45, 7) is 8.01. The van der Waals surface area contributed by atoms with Crippen molar-refractivity contribution in [1.82, 2.24) is 0 Å². The lowest BCUT2D eigenvalue weighted by Crippen LogP contribution is -2.29. The van der Waals surface area contributed by atoms with Crippen LogP contribution in [0.3, 0.4) is 0 Å². The quantitative estimate of drug-likeness (QED) is 0.624. The molecule has 0 radical (unpaired) electrons. The van der Waals surface area contributed by atoms with Gasteiger partial charge in [-0.2, -0.15) is 11.8 Å². The van der Waals surface area contributed by atoms with Crippen molar-refractivity contribution >= 4 is 11.8 Å². The van der Waals surface area contributed by atoms with Gasteiger partial charge in [0.25, 0.3) is 0 Å². The molecule has 12 heavy (non-hydrogen) atoms. The normalized spacial score (nSPS) is 13.8. The average molecular weight is 191 g/mol. The molecule has 0 rings (SSSR count). The van der Waals surface area contributed by atoms with Crippen molar-refractivity contribution in [1.29, 1.82) is 0 Å². The fourth-order valence-electron chi connectivity index (χ4n) is 0.743. The fraction of sp³-hybridized carbons (Fsp3) is 1.00. The zero-order valence-electron chi connectivity index (χ0n) is 8.38. The van der Waals surface area contributed by atoms with Crippen LogP contribution in [0.5, 0.6) is 0 Å². The number of rotatable bonds is 7. The van der Waals surface area contributed by atoms with Crippen LogP contribution in [0, 0.1) is 0 Å². The number of hydrogen-bond donors (Lipinski definition) is 1. The standard InChI is InChI=1S/C9H21NOS/c1-4-5-11-6-9(10)7-12-8(2)3/h8-9H,4-7,10H2,1-3H3. The van der Waals surface area contributed by atoms with E-state index in [1.54, 1.807) is 0 Å². The van der Waals surface area contributed by atoms with E-state index in [-0.39, 0.29) is 6.04 Å². The predicted molar refractivity (Wildman–Crippen MR) is 56.7 cm³/mol. The highest BCUT2D eigenvalue weighted by molar-refractivity contribution is 7.99. The van der Waals surface area contributed by atoms with Gasteiger partial charge in [-0.3, -0.25) is 0 Å². The molecule has 0 saturated carbocycles. The van der Waals surface area contributed by atoms with Crippen LogP contribution in [0.2, 0.25) is 0 Å². The molecule has 1 atom stereocenters. The van der Waals surface area contributed by atoms with Crippen LogP contribution >= 0.6 is 11.8 Å². The second-order valence-corrected chi connectivity index (χ2v) is 4.83. The van der Waals surface area contributed by atoms with Gasteiger partial charge in [-0.05, 0) is 11.7 Å². The molecule has 0 aliphatic carbocycles. The summed E-state index contributed by atoms with van der Waals surface area (Å²) in [5.41, 5.74) is 5.82. The summed E-state index contributed by atoms with van der Waals surface area (Å²) in [5.74, 6) is 1.00. The monoisotopic (exact) mass is 191 g/mol. The first kappa shape index (κ1) is 12.3. The Labute approximate surface area is 80.2 Å². The largest absolute Gasteiger partial charge is 0.380 e. The first-order valence-corrected chi connectivity index (χ1v) is 5.66. The molecule has 0 aromatic carbocycles. The van der Waals surface area contributed by atoms with Gasteiger partial charge in [0.15, 0.2) is 0 Å². The summed E-state index contributed by atoms with van der Waals surface area (Å²) in [7, 11) is 0. The summed E-state index contributed by atoms with van der Waals surface area (Å²) in [4.78, 5) is 0. The van der Waals surface area contributed by atoms with Crippen LogP contribution < -0.4 is 5.73 Å². The van der Waals surface area contributed by atoms with E-state index < -0.39 is 0 Å². The Morgan fingerprint density at radius 3 is 2.58 bits per heavy atom. The summed E-state index contributed by atoms with van der Waals surface area (Å²) >= 11 is 1.89. The minimum Gasteiger partial charge on any atom is -0.380 e. The molecule has 0 fully saturated rings. The lowest BCUT2D eigenvalue weighted by atomic mass is 10.4. The van der Waals surface area contributed by atoms with Gasteiger partial charge in [-0.1, -0.05) is 20.8 Å². The first-order chi connectivity index (χ1) is 5.66. The molecule has 0 aromatic rings. The van der Waals surface area contributed by atoms with E-state index >= 15 is 0 Å². The van der Waals surface area contributed by atoms with Crippen LogP contribution in [0.15, 0.2) is 0 Å². The van der Waals surface area contributed by atoms with E-state index in [1.807, 2.05) is 11.8 Å². The summed E-state index contributed by atoms with van der Waals surface area (Å²) in [6.07, 6.45) is 1.07. The van der Waals surface area contributed by atoms with Crippen molar-refractivity contribution in [3.63, 3.8) is 0 Å². The second-order valence-electron chi connectivity index (χ2n) is 3.22. The average Bonchev–Trinajstić information content (AvgIpc) is 2.01. The third-order valence-electron chi connectivity index (χ3n) is 1.32. The maximum atomic E-state index is 5.82. The maximum absolute atomic E-state index is 5.82. The molecule has 0 aliphatic rings. The summed E-state index contributed by atoms with van der Waals surface area (Å²) in [5, 5.41) is 0.669. The zero-order chi connectivity index (χ0) is 9.40. The second kappa shape index (κ2) is 7.90. The van der Waals surface area contributed by atoms with Crippen molar-refractivity contribution in [3.8, 4) is 0 Å². The van der Waals surface area contributed by atoms with Crippen LogP contribution in [-0.2, 0) is 4.74 Å². The molecule has 0 saturated heterocycles. The molecular formula is C9H21NOS. The molecule has 2 N–H and O–H groups in total. The molecule has 3 heteroatoms. The number of nitrogens with two attached hydrogens (primary N) is 1. The van der Waals surface area contributed by atoms with Gasteiger partial charge in [0.1, 0.15) is 0 Å². The Hall–Kier alpha value is 0.270. The van der Waals surface area contributed by atoms with Crippen molar-refractivity contribution in [3.05, 3.63) is 0 Å². The van der Waals surface area contributed by atoms with Gasteiger partial charge in [-0.15, -0.1) is 0 Å². The highest BCUT2D eigenvalue weighted by Crippen LogP contribution is 2.09. The third-order valence-corrected chi connectivity index (χ3v) is 2.61. The van der Waals surface area contributed by atoms with Crippen molar-refractivity contribution < 1.29 is 4.74 Å². The molecule has 0 bridgehead atoms. The molecule has 0 aliphatic heterocycles. The van der Waals surface area contributed by atoms with E-state index in [0.717, 1.165) is 18.8 Å². The van der Waals surface area contributed by atoms with Gasteiger partial charge in [0.05, 0.1) is 6.61 Å². The molecule has 0 spiro atoms. The predicted octanol–water partition coefficient (Wildman–Crippen LogP) is 1.88. The van der Waals surface area contributed by atoms with Gasteiger partial charge >= 0.3 is 0 Å². The van der Waals surface area contributed by atoms with Crippen LogP contribution in [0.4, 0.5) is 0 Å². The van der Waals surface area contributed by atoms with Crippen LogP contribution in [-0.4, -0.2) is 30.3 Å². The Morgan fingerprint density at radius 1 is 1.42 bits per heavy atom. The highest BCUT2D eigenvalue weighted by atomic mass is 32.2. The zero-order valence-corrected chi connectivity index (χ0v) is 9.19. The molecular weight excluding hydrogens is 170 g/mol. The fourth-order valence-corrected chi connectivity index (χ4v) is 1.47. The smallest absolute Gasteiger partial charge is 0.0625 e. The molecule has 0 heterocycles. The van der Waals surface area contributed by atoms with Gasteiger partial charge in [0, 0.05) is 18.4 Å². The van der Waals surface area contributed by atoms with Crippen molar-refractivity contribution in [2.45, 2.75) is 38.5 Å². The Kier molecular flexibility index (Phi) is 8.07. The van der Waals surface area contributed by atoms with Crippen molar-refractivity contribution in [2.24, 2.45) is 5.73 Å². The van der Waals surface area contributed by atoms with E-state index in [1.165, 1.54) is 0 Å². The molecule has 74 valence electrons. The maximum Gasteiger partial charge on any atom is 0.0625 e. The molecule has 0 aromatic heterocycles. The number of hydrogen-bond acceptors (Lipinski definition) is 3. The number of thioether (sulfide) groups is 1. The minimum absolute atomic E-state index is 0.198. The lowest BCUT2D eigenvalue weighted by molar-refractivity contribution is 0.126. The van der Waals surface area contributed by atoms with Crippen LogP contribution in [0.1, 0.15) is 27.2 Å². The highest BCUT2D eigenvalue weighted by Gasteiger charge is 2.03. The Bertz CT molecular complexity index is 98.5. The molecule has 0 amide bonds. The van der Waals surface area contributed by atoms with Gasteiger partial charge in [0.2, 0.25) is 0 Å². The molecule has 2 nitrogen and oxygen atoms in total. The summed E-state index contributed by atoms with van der Waals surface area (Å²) < 4.78 is 5.34. The lowest BCUT2D eigenvalue weighted by Gasteiger charge is -2.12. The van der Waals surface area contributed by atoms with E-state index in [9.17, 15) is 0 Å².